The van der Waals surface area contributed by atoms with Crippen molar-refractivity contribution in [2.24, 2.45) is 5.73 Å². The molecular formula is C21H27N3O3S. The molecule has 1 atom stereocenters. The van der Waals surface area contributed by atoms with Crippen LogP contribution in [0.5, 0.6) is 5.75 Å². The number of rotatable bonds is 7. The van der Waals surface area contributed by atoms with Gasteiger partial charge in [0.2, 0.25) is 0 Å². The van der Waals surface area contributed by atoms with Crippen molar-refractivity contribution >= 4 is 20.9 Å². The molecule has 0 bridgehead atoms. The Bertz CT molecular complexity index is 1070. The zero-order chi connectivity index (χ0) is 20.5. The smallest absolute Gasteiger partial charge is 0.166 e. The van der Waals surface area contributed by atoms with Crippen LogP contribution in [0.4, 0.5) is 0 Å². The number of nitrogens with one attached hydrogen (secondary N) is 1. The minimum absolute atomic E-state index is 0.0872. The summed E-state index contributed by atoms with van der Waals surface area (Å²) in [6.07, 6.45) is 0.551. The van der Waals surface area contributed by atoms with E-state index in [-0.39, 0.29) is 5.75 Å². The number of aromatic nitrogens is 2. The number of ether oxygens (including phenoxy) is 1. The normalized spacial score (nSPS) is 13.6. The van der Waals surface area contributed by atoms with Crippen LogP contribution in [0.25, 0.3) is 22.4 Å². The number of H-pyrrole nitrogens is 1. The number of methoxy groups -OCH3 is 1. The maximum absolute atomic E-state index is 12.5. The van der Waals surface area contributed by atoms with E-state index in [1.807, 2.05) is 63.2 Å². The van der Waals surface area contributed by atoms with Gasteiger partial charge in [-0.1, -0.05) is 26.8 Å². The van der Waals surface area contributed by atoms with E-state index in [2.05, 4.69) is 9.97 Å². The van der Waals surface area contributed by atoms with Crippen LogP contribution in [0.3, 0.4) is 0 Å². The lowest BCUT2D eigenvalue weighted by Gasteiger charge is -2.31. The Morgan fingerprint density at radius 2 is 1.86 bits per heavy atom. The van der Waals surface area contributed by atoms with Gasteiger partial charge < -0.3 is 15.5 Å². The molecule has 7 heteroatoms. The first kappa shape index (κ1) is 20.4. The third kappa shape index (κ3) is 3.77. The summed E-state index contributed by atoms with van der Waals surface area (Å²) in [4.78, 5) is 7.99. The van der Waals surface area contributed by atoms with Crippen molar-refractivity contribution < 1.29 is 13.2 Å². The fraction of sp³-hybridized carbons (Fsp3) is 0.381. The van der Waals surface area contributed by atoms with Crippen molar-refractivity contribution in [3.63, 3.8) is 0 Å². The second kappa shape index (κ2) is 7.56. The molecule has 2 aromatic carbocycles. The summed E-state index contributed by atoms with van der Waals surface area (Å²) in [5.74, 6) is 1.62. The molecule has 0 aliphatic heterocycles. The standard InChI is InChI=1S/C21H27N3O3S/c1-5-12-28(25,26)20(22)21(2,3)15-8-11-17-18(13-15)24-19(23-17)14-6-9-16(27-4)10-7-14/h6-11,13,20H,5,12,22H2,1-4H3,(H,23,24). The van der Waals surface area contributed by atoms with Crippen molar-refractivity contribution in [3.8, 4) is 17.1 Å². The molecular weight excluding hydrogens is 374 g/mol. The topological polar surface area (TPSA) is 98.1 Å². The molecule has 0 aliphatic carbocycles. The van der Waals surface area contributed by atoms with Gasteiger partial charge in [0.05, 0.1) is 23.9 Å². The Balaban J connectivity index is 1.97. The molecule has 0 saturated heterocycles. The first-order valence-corrected chi connectivity index (χ1v) is 11.0. The zero-order valence-electron chi connectivity index (χ0n) is 16.7. The first-order chi connectivity index (χ1) is 13.2. The third-order valence-corrected chi connectivity index (χ3v) is 7.52. The van der Waals surface area contributed by atoms with E-state index >= 15 is 0 Å². The van der Waals surface area contributed by atoms with Gasteiger partial charge in [-0.25, -0.2) is 13.4 Å². The molecule has 3 rings (SSSR count). The summed E-state index contributed by atoms with van der Waals surface area (Å²) in [7, 11) is -1.75. The van der Waals surface area contributed by atoms with E-state index in [9.17, 15) is 8.42 Å². The molecule has 1 unspecified atom stereocenters. The lowest BCUT2D eigenvalue weighted by Crippen LogP contribution is -2.47. The summed E-state index contributed by atoms with van der Waals surface area (Å²) in [6.45, 7) is 5.57. The minimum Gasteiger partial charge on any atom is -0.497 e. The Hall–Kier alpha value is -2.38. The molecule has 1 aromatic heterocycles. The highest BCUT2D eigenvalue weighted by atomic mass is 32.2. The molecule has 0 fully saturated rings. The van der Waals surface area contributed by atoms with Crippen molar-refractivity contribution in [1.82, 2.24) is 9.97 Å². The van der Waals surface area contributed by atoms with Crippen LogP contribution in [0.15, 0.2) is 42.5 Å². The van der Waals surface area contributed by atoms with Gasteiger partial charge in [0.1, 0.15) is 16.9 Å². The molecule has 0 spiro atoms. The maximum Gasteiger partial charge on any atom is 0.166 e. The Kier molecular flexibility index (Phi) is 5.50. The van der Waals surface area contributed by atoms with Crippen LogP contribution >= 0.6 is 0 Å². The number of nitrogens with zero attached hydrogens (tertiary/aromatic N) is 1. The van der Waals surface area contributed by atoms with E-state index in [1.54, 1.807) is 7.11 Å². The number of benzene rings is 2. The third-order valence-electron chi connectivity index (χ3n) is 5.18. The fourth-order valence-corrected chi connectivity index (χ4v) is 5.17. The number of imidazole rings is 1. The summed E-state index contributed by atoms with van der Waals surface area (Å²) >= 11 is 0. The highest BCUT2D eigenvalue weighted by Gasteiger charge is 2.37. The first-order valence-electron chi connectivity index (χ1n) is 9.31. The molecule has 3 N–H and O–H groups in total. The molecule has 0 aliphatic rings. The van der Waals surface area contributed by atoms with Crippen LogP contribution in [0.1, 0.15) is 32.8 Å². The van der Waals surface area contributed by atoms with Gasteiger partial charge >= 0.3 is 0 Å². The van der Waals surface area contributed by atoms with Gasteiger partial charge in [0.25, 0.3) is 0 Å². The molecule has 6 nitrogen and oxygen atoms in total. The van der Waals surface area contributed by atoms with E-state index in [1.165, 1.54) is 0 Å². The Morgan fingerprint density at radius 1 is 1.18 bits per heavy atom. The van der Waals surface area contributed by atoms with E-state index in [0.29, 0.717) is 6.42 Å². The van der Waals surface area contributed by atoms with E-state index < -0.39 is 20.6 Å². The summed E-state index contributed by atoms with van der Waals surface area (Å²) in [6, 6.07) is 13.4. The number of nitrogens with two attached hydrogens (primary N) is 1. The maximum atomic E-state index is 12.5. The number of aromatic amines is 1. The fourth-order valence-electron chi connectivity index (χ4n) is 3.32. The van der Waals surface area contributed by atoms with Gasteiger partial charge in [0, 0.05) is 11.0 Å². The van der Waals surface area contributed by atoms with Gasteiger partial charge in [-0.3, -0.25) is 0 Å². The molecule has 0 amide bonds. The molecule has 1 heterocycles. The highest BCUT2D eigenvalue weighted by molar-refractivity contribution is 7.92. The van der Waals surface area contributed by atoms with Crippen molar-refractivity contribution in [1.29, 1.82) is 0 Å². The molecule has 3 aromatic rings. The Labute approximate surface area is 166 Å². The summed E-state index contributed by atoms with van der Waals surface area (Å²) in [5.41, 5.74) is 8.90. The second-order valence-electron chi connectivity index (χ2n) is 7.56. The Morgan fingerprint density at radius 3 is 2.46 bits per heavy atom. The number of hydrogen-bond donors (Lipinski definition) is 2. The largest absolute Gasteiger partial charge is 0.497 e. The highest BCUT2D eigenvalue weighted by Crippen LogP contribution is 2.32. The minimum atomic E-state index is -3.38. The van der Waals surface area contributed by atoms with Gasteiger partial charge in [-0.2, -0.15) is 0 Å². The predicted octanol–water partition coefficient (Wildman–Crippen LogP) is 3.63. The summed E-state index contributed by atoms with van der Waals surface area (Å²) < 4.78 is 30.2. The SMILES string of the molecule is CCCS(=O)(=O)C(N)C(C)(C)c1ccc2[nH]c(-c3ccc(OC)cc3)nc2c1. The average Bonchev–Trinajstić information content (AvgIpc) is 3.10. The molecule has 0 radical (unpaired) electrons. The predicted molar refractivity (Wildman–Crippen MR) is 113 cm³/mol. The zero-order valence-corrected chi connectivity index (χ0v) is 17.5. The lowest BCUT2D eigenvalue weighted by atomic mass is 9.84. The lowest BCUT2D eigenvalue weighted by molar-refractivity contribution is 0.415. The van der Waals surface area contributed by atoms with E-state index in [4.69, 9.17) is 10.5 Å². The summed E-state index contributed by atoms with van der Waals surface area (Å²) in [5, 5.41) is -0.975. The van der Waals surface area contributed by atoms with Crippen LogP contribution in [-0.4, -0.2) is 36.6 Å². The van der Waals surface area contributed by atoms with E-state index in [0.717, 1.165) is 33.7 Å². The monoisotopic (exact) mass is 401 g/mol. The quantitative estimate of drug-likeness (QED) is 0.630. The number of sulfone groups is 1. The van der Waals surface area contributed by atoms with Crippen molar-refractivity contribution in [2.75, 3.05) is 12.9 Å². The van der Waals surface area contributed by atoms with Gasteiger partial charge in [-0.05, 0) is 48.4 Å². The van der Waals surface area contributed by atoms with Crippen LogP contribution in [-0.2, 0) is 15.3 Å². The number of fused-ring (bicyclic) bond motifs is 1. The van der Waals surface area contributed by atoms with Crippen LogP contribution in [0, 0.1) is 0 Å². The number of hydrogen-bond acceptors (Lipinski definition) is 5. The molecule has 28 heavy (non-hydrogen) atoms. The van der Waals surface area contributed by atoms with Gasteiger partial charge in [0.15, 0.2) is 9.84 Å². The second-order valence-corrected chi connectivity index (χ2v) is 9.80. The van der Waals surface area contributed by atoms with Gasteiger partial charge in [-0.15, -0.1) is 0 Å². The molecule has 150 valence electrons. The van der Waals surface area contributed by atoms with Crippen LogP contribution in [0.2, 0.25) is 0 Å². The van der Waals surface area contributed by atoms with Crippen molar-refractivity contribution in [3.05, 3.63) is 48.0 Å². The van der Waals surface area contributed by atoms with Crippen molar-refractivity contribution in [2.45, 2.75) is 38.0 Å². The van der Waals surface area contributed by atoms with Crippen LogP contribution < -0.4 is 10.5 Å². The molecule has 0 saturated carbocycles. The average molecular weight is 402 g/mol.